The molecule has 30 heavy (non-hydrogen) atoms. The van der Waals surface area contributed by atoms with Crippen LogP contribution < -0.4 is 10.1 Å². The Kier molecular flexibility index (Phi) is 6.68. The molecule has 1 heterocycles. The lowest BCUT2D eigenvalue weighted by Crippen LogP contribution is -2.31. The summed E-state index contributed by atoms with van der Waals surface area (Å²) in [4.78, 5) is 22.0. The molecule has 0 aliphatic carbocycles. The van der Waals surface area contributed by atoms with Crippen molar-refractivity contribution in [2.75, 3.05) is 18.4 Å². The first-order chi connectivity index (χ1) is 14.3. The fraction of sp³-hybridized carbons (Fsp3) is 0.350. The summed E-state index contributed by atoms with van der Waals surface area (Å²) in [6.45, 7) is 2.18. The monoisotopic (exact) mass is 433 g/mol. The van der Waals surface area contributed by atoms with E-state index in [4.69, 9.17) is 4.74 Å². The second-order valence-electron chi connectivity index (χ2n) is 7.02. The first kappa shape index (κ1) is 21.7. The summed E-state index contributed by atoms with van der Waals surface area (Å²) >= 11 is 0. The van der Waals surface area contributed by atoms with Crippen LogP contribution >= 0.6 is 0 Å². The average molecular weight is 433 g/mol. The van der Waals surface area contributed by atoms with Gasteiger partial charge in [-0.05, 0) is 37.1 Å². The summed E-state index contributed by atoms with van der Waals surface area (Å²) in [5.41, 5.74) is 0.0267. The Bertz CT molecular complexity index is 1050. The fourth-order valence-electron chi connectivity index (χ4n) is 3.29. The molecule has 3 rings (SSSR count). The topological polar surface area (TPSA) is 119 Å². The molecule has 9 nitrogen and oxygen atoms in total. The van der Waals surface area contributed by atoms with E-state index in [9.17, 15) is 23.3 Å². The third-order valence-electron chi connectivity index (χ3n) is 4.71. The van der Waals surface area contributed by atoms with Gasteiger partial charge in [-0.3, -0.25) is 14.9 Å². The molecule has 1 fully saturated rings. The minimum atomic E-state index is -3.83. The van der Waals surface area contributed by atoms with Crippen LogP contribution in [0.2, 0.25) is 0 Å². The van der Waals surface area contributed by atoms with E-state index in [1.54, 1.807) is 18.2 Å². The van der Waals surface area contributed by atoms with Gasteiger partial charge in [0.2, 0.25) is 21.7 Å². The minimum Gasteiger partial charge on any atom is -0.450 e. The lowest BCUT2D eigenvalue weighted by atomic mass is 10.2. The van der Waals surface area contributed by atoms with E-state index < -0.39 is 20.6 Å². The Labute approximate surface area is 174 Å². The molecule has 160 valence electrons. The highest BCUT2D eigenvalue weighted by Gasteiger charge is 2.28. The molecule has 1 amide bonds. The quantitative estimate of drug-likeness (QED) is 0.545. The Morgan fingerprint density at radius 2 is 1.80 bits per heavy atom. The second kappa shape index (κ2) is 9.23. The SMILES string of the molecule is CC(=O)Nc1cccc(Oc2ccc(S(=O)(=O)N3CCCCCC3)cc2[N+](=O)[O-])c1. The fourth-order valence-corrected chi connectivity index (χ4v) is 4.82. The van der Waals surface area contributed by atoms with Gasteiger partial charge in [0.1, 0.15) is 5.75 Å². The van der Waals surface area contributed by atoms with Gasteiger partial charge in [0.15, 0.2) is 0 Å². The van der Waals surface area contributed by atoms with Crippen molar-refractivity contribution in [1.82, 2.24) is 4.31 Å². The van der Waals surface area contributed by atoms with Crippen LogP contribution in [0.25, 0.3) is 0 Å². The predicted octanol–water partition coefficient (Wildman–Crippen LogP) is 3.91. The van der Waals surface area contributed by atoms with Crippen molar-refractivity contribution in [1.29, 1.82) is 0 Å². The molecule has 0 saturated carbocycles. The highest BCUT2D eigenvalue weighted by molar-refractivity contribution is 7.89. The van der Waals surface area contributed by atoms with Gasteiger partial charge in [-0.1, -0.05) is 18.9 Å². The molecule has 1 saturated heterocycles. The van der Waals surface area contributed by atoms with E-state index in [1.165, 1.54) is 29.4 Å². The number of ether oxygens (including phenoxy) is 1. The van der Waals surface area contributed by atoms with Gasteiger partial charge >= 0.3 is 5.69 Å². The number of anilines is 1. The Morgan fingerprint density at radius 1 is 1.10 bits per heavy atom. The predicted molar refractivity (Wildman–Crippen MR) is 111 cm³/mol. The van der Waals surface area contributed by atoms with Crippen LogP contribution in [0, 0.1) is 10.1 Å². The Morgan fingerprint density at radius 3 is 2.43 bits per heavy atom. The lowest BCUT2D eigenvalue weighted by Gasteiger charge is -2.20. The van der Waals surface area contributed by atoms with Crippen LogP contribution in [0.15, 0.2) is 47.4 Å². The zero-order valence-corrected chi connectivity index (χ0v) is 17.4. The lowest BCUT2D eigenvalue weighted by molar-refractivity contribution is -0.385. The average Bonchev–Trinajstić information content (AvgIpc) is 2.98. The number of carbonyl (C=O) groups excluding carboxylic acids is 1. The molecule has 0 atom stereocenters. The largest absolute Gasteiger partial charge is 0.450 e. The van der Waals surface area contributed by atoms with Crippen molar-refractivity contribution in [2.24, 2.45) is 0 Å². The maximum Gasteiger partial charge on any atom is 0.312 e. The molecule has 2 aromatic rings. The smallest absolute Gasteiger partial charge is 0.312 e. The van der Waals surface area contributed by atoms with Gasteiger partial charge < -0.3 is 10.1 Å². The zero-order valence-electron chi connectivity index (χ0n) is 16.5. The number of hydrogen-bond donors (Lipinski definition) is 1. The number of nitro groups is 1. The van der Waals surface area contributed by atoms with Crippen molar-refractivity contribution in [2.45, 2.75) is 37.5 Å². The van der Waals surface area contributed by atoms with Crippen LogP contribution in [0.5, 0.6) is 11.5 Å². The van der Waals surface area contributed by atoms with Crippen LogP contribution in [-0.2, 0) is 14.8 Å². The summed E-state index contributed by atoms with van der Waals surface area (Å²) in [7, 11) is -3.83. The number of benzene rings is 2. The van der Waals surface area contributed by atoms with Crippen LogP contribution in [-0.4, -0.2) is 36.6 Å². The number of sulfonamides is 1. The van der Waals surface area contributed by atoms with Crippen molar-refractivity contribution in [3.63, 3.8) is 0 Å². The van der Waals surface area contributed by atoms with E-state index in [0.717, 1.165) is 31.7 Å². The summed E-state index contributed by atoms with van der Waals surface area (Å²) in [6, 6.07) is 10.0. The molecule has 2 aromatic carbocycles. The number of nitro benzene ring substituents is 1. The van der Waals surface area contributed by atoms with Crippen molar-refractivity contribution in [3.05, 3.63) is 52.6 Å². The zero-order chi connectivity index (χ0) is 21.7. The van der Waals surface area contributed by atoms with Crippen LogP contribution in [0.3, 0.4) is 0 Å². The molecule has 1 aliphatic rings. The van der Waals surface area contributed by atoms with Crippen molar-refractivity contribution in [3.8, 4) is 11.5 Å². The Hall–Kier alpha value is -2.98. The molecule has 1 aliphatic heterocycles. The molecule has 10 heteroatoms. The van der Waals surface area contributed by atoms with E-state index in [-0.39, 0.29) is 22.3 Å². The molecule has 0 radical (unpaired) electrons. The normalized spacial score (nSPS) is 15.2. The summed E-state index contributed by atoms with van der Waals surface area (Å²) in [6.07, 6.45) is 3.48. The Balaban J connectivity index is 1.90. The van der Waals surface area contributed by atoms with Gasteiger partial charge in [-0.2, -0.15) is 4.31 Å². The minimum absolute atomic E-state index is 0.0882. The van der Waals surface area contributed by atoms with E-state index in [2.05, 4.69) is 5.32 Å². The number of hydrogen-bond acceptors (Lipinski definition) is 6. The van der Waals surface area contributed by atoms with Crippen LogP contribution in [0.4, 0.5) is 11.4 Å². The molecule has 1 N–H and O–H groups in total. The molecule has 0 bridgehead atoms. The maximum absolute atomic E-state index is 13.0. The molecule has 0 unspecified atom stereocenters. The van der Waals surface area contributed by atoms with E-state index in [0.29, 0.717) is 18.8 Å². The first-order valence-electron chi connectivity index (χ1n) is 9.61. The molecule has 0 aromatic heterocycles. The summed E-state index contributed by atoms with van der Waals surface area (Å²) < 4.78 is 32.9. The van der Waals surface area contributed by atoms with Gasteiger partial charge in [0, 0.05) is 37.8 Å². The standard InChI is InChI=1S/C20H23N3O6S/c1-15(24)21-16-7-6-8-17(13-16)29-20-10-9-18(14-19(20)23(25)26)30(27,28)22-11-4-2-3-5-12-22/h6-10,13-14H,2-5,11-12H2,1H3,(H,21,24). The van der Waals surface area contributed by atoms with Gasteiger partial charge in [-0.15, -0.1) is 0 Å². The van der Waals surface area contributed by atoms with Crippen LogP contribution in [0.1, 0.15) is 32.6 Å². The van der Waals surface area contributed by atoms with E-state index in [1.807, 2.05) is 0 Å². The number of amides is 1. The first-order valence-corrected chi connectivity index (χ1v) is 11.1. The van der Waals surface area contributed by atoms with Gasteiger partial charge in [0.25, 0.3) is 0 Å². The third kappa shape index (κ3) is 5.14. The number of nitrogens with zero attached hydrogens (tertiary/aromatic N) is 2. The van der Waals surface area contributed by atoms with Gasteiger partial charge in [0.05, 0.1) is 9.82 Å². The third-order valence-corrected chi connectivity index (χ3v) is 6.61. The number of nitrogens with one attached hydrogen (secondary N) is 1. The van der Waals surface area contributed by atoms with E-state index >= 15 is 0 Å². The summed E-state index contributed by atoms with van der Waals surface area (Å²) in [5, 5.41) is 14.2. The highest BCUT2D eigenvalue weighted by Crippen LogP contribution is 2.35. The molecule has 0 spiro atoms. The van der Waals surface area contributed by atoms with Crippen molar-refractivity contribution >= 4 is 27.3 Å². The maximum atomic E-state index is 13.0. The van der Waals surface area contributed by atoms with Crippen molar-refractivity contribution < 1.29 is 22.9 Å². The number of rotatable bonds is 6. The van der Waals surface area contributed by atoms with Gasteiger partial charge in [-0.25, -0.2) is 8.42 Å². The molecular formula is C20H23N3O6S. The highest BCUT2D eigenvalue weighted by atomic mass is 32.2. The molecular weight excluding hydrogens is 410 g/mol. The number of carbonyl (C=O) groups is 1. The second-order valence-corrected chi connectivity index (χ2v) is 8.95. The summed E-state index contributed by atoms with van der Waals surface area (Å²) in [5.74, 6) is -0.0801.